The van der Waals surface area contributed by atoms with E-state index < -0.39 is 18.4 Å². The SMILES string of the molecule is CCC[CH2][Sn]([CH2]CCC)([CH2]CCC)[c]1cccn2cc(-c3ccc(O)cc3)nc12. The van der Waals surface area contributed by atoms with Crippen LogP contribution in [0.5, 0.6) is 5.75 Å². The first kappa shape index (κ1) is 22.2. The van der Waals surface area contributed by atoms with Crippen LogP contribution in [-0.2, 0) is 0 Å². The zero-order chi connectivity index (χ0) is 20.7. The second kappa shape index (κ2) is 10.5. The summed E-state index contributed by atoms with van der Waals surface area (Å²) in [6.45, 7) is 6.99. The molecule has 3 rings (SSSR count). The molecule has 2 heterocycles. The van der Waals surface area contributed by atoms with Gasteiger partial charge in [-0.2, -0.15) is 0 Å². The van der Waals surface area contributed by atoms with Crippen LogP contribution in [0.4, 0.5) is 0 Å². The van der Waals surface area contributed by atoms with Crippen molar-refractivity contribution in [2.45, 2.75) is 72.6 Å². The van der Waals surface area contributed by atoms with Gasteiger partial charge in [-0.3, -0.25) is 0 Å². The number of hydrogen-bond donors (Lipinski definition) is 1. The molecule has 0 fully saturated rings. The van der Waals surface area contributed by atoms with Gasteiger partial charge in [0.2, 0.25) is 0 Å². The third-order valence-electron chi connectivity index (χ3n) is 6.24. The Labute approximate surface area is 180 Å². The van der Waals surface area contributed by atoms with Gasteiger partial charge in [-0.15, -0.1) is 0 Å². The normalized spacial score (nSPS) is 12.0. The quantitative estimate of drug-likeness (QED) is 0.296. The van der Waals surface area contributed by atoms with Crippen molar-refractivity contribution in [3.05, 3.63) is 48.8 Å². The Morgan fingerprint density at radius 3 is 2.00 bits per heavy atom. The van der Waals surface area contributed by atoms with E-state index in [2.05, 4.69) is 49.7 Å². The number of benzene rings is 1. The van der Waals surface area contributed by atoms with E-state index in [9.17, 15) is 5.11 Å². The van der Waals surface area contributed by atoms with E-state index in [-0.39, 0.29) is 0 Å². The Kier molecular flexibility index (Phi) is 8.05. The number of rotatable bonds is 11. The number of fused-ring (bicyclic) bond motifs is 1. The Morgan fingerprint density at radius 1 is 0.862 bits per heavy atom. The predicted octanol–water partition coefficient (Wildman–Crippen LogP) is 6.76. The number of aromatic hydroxyl groups is 1. The molecule has 3 aromatic rings. The number of pyridine rings is 1. The van der Waals surface area contributed by atoms with E-state index in [4.69, 9.17) is 4.98 Å². The zero-order valence-electron chi connectivity index (χ0n) is 18.3. The van der Waals surface area contributed by atoms with Crippen LogP contribution in [0.25, 0.3) is 16.9 Å². The minimum absolute atomic E-state index is 0.298. The van der Waals surface area contributed by atoms with Gasteiger partial charge in [0.1, 0.15) is 0 Å². The molecule has 2 aromatic heterocycles. The molecule has 0 aliphatic heterocycles. The van der Waals surface area contributed by atoms with Gasteiger partial charge >= 0.3 is 180 Å². The molecule has 0 atom stereocenters. The van der Waals surface area contributed by atoms with Crippen LogP contribution in [0, 0.1) is 0 Å². The van der Waals surface area contributed by atoms with Crippen LogP contribution >= 0.6 is 0 Å². The first-order chi connectivity index (χ1) is 14.1. The second-order valence-corrected chi connectivity index (χ2v) is 21.5. The summed E-state index contributed by atoms with van der Waals surface area (Å²) in [5, 5.41) is 9.62. The van der Waals surface area contributed by atoms with Crippen molar-refractivity contribution >= 4 is 27.6 Å². The third kappa shape index (κ3) is 5.17. The number of imidazole rings is 1. The molecule has 1 aromatic carbocycles. The van der Waals surface area contributed by atoms with Crippen LogP contribution < -0.4 is 3.58 Å². The van der Waals surface area contributed by atoms with Gasteiger partial charge in [0.05, 0.1) is 0 Å². The van der Waals surface area contributed by atoms with Gasteiger partial charge in [-0.05, 0) is 0 Å². The van der Waals surface area contributed by atoms with E-state index in [0.717, 1.165) is 11.3 Å². The summed E-state index contributed by atoms with van der Waals surface area (Å²) in [6.07, 6.45) is 12.2. The molecule has 0 unspecified atom stereocenters. The summed E-state index contributed by atoms with van der Waals surface area (Å²) < 4.78 is 8.22. The molecular weight excluding hydrogens is 463 g/mol. The number of nitrogens with zero attached hydrogens (tertiary/aromatic N) is 2. The van der Waals surface area contributed by atoms with Gasteiger partial charge in [-0.1, -0.05) is 0 Å². The van der Waals surface area contributed by atoms with Crippen LogP contribution in [-0.4, -0.2) is 32.9 Å². The Bertz CT molecular complexity index is 879. The Balaban J connectivity index is 2.10. The van der Waals surface area contributed by atoms with Crippen molar-refractivity contribution < 1.29 is 5.11 Å². The summed E-state index contributed by atoms with van der Waals surface area (Å²) in [5.74, 6) is 0.298. The first-order valence-corrected chi connectivity index (χ1v) is 18.9. The molecule has 0 saturated carbocycles. The maximum atomic E-state index is 9.62. The number of aromatic nitrogens is 2. The molecule has 0 amide bonds. The molecule has 0 aliphatic carbocycles. The van der Waals surface area contributed by atoms with Crippen molar-refractivity contribution in [3.8, 4) is 17.0 Å². The van der Waals surface area contributed by atoms with Gasteiger partial charge in [-0.25, -0.2) is 0 Å². The molecule has 0 spiro atoms. The number of unbranched alkanes of at least 4 members (excludes halogenated alkanes) is 3. The number of hydrogen-bond acceptors (Lipinski definition) is 2. The maximum absolute atomic E-state index is 9.62. The van der Waals surface area contributed by atoms with Crippen molar-refractivity contribution in [1.82, 2.24) is 9.38 Å². The molecule has 1 N–H and O–H groups in total. The Morgan fingerprint density at radius 2 is 1.45 bits per heavy atom. The van der Waals surface area contributed by atoms with E-state index in [0.29, 0.717) is 5.75 Å². The number of phenols is 1. The fourth-order valence-corrected chi connectivity index (χ4v) is 21.0. The molecule has 156 valence electrons. The topological polar surface area (TPSA) is 37.5 Å². The molecule has 0 saturated heterocycles. The van der Waals surface area contributed by atoms with Crippen molar-refractivity contribution in [1.29, 1.82) is 0 Å². The third-order valence-corrected chi connectivity index (χ3v) is 21.8. The molecule has 0 bridgehead atoms. The van der Waals surface area contributed by atoms with Crippen molar-refractivity contribution in [3.63, 3.8) is 0 Å². The molecule has 0 radical (unpaired) electrons. The fraction of sp³-hybridized carbons (Fsp3) is 0.480. The standard InChI is InChI=1S/C13H9N2O.3C4H9.Sn/c16-11-6-4-10(5-7-11)12-9-15-8-2-1-3-13(15)14-12;3*1-3-4-2;/h1-2,4-9,16H;3*1,3-4H2,2H3;. The van der Waals surface area contributed by atoms with E-state index in [1.807, 2.05) is 12.1 Å². The van der Waals surface area contributed by atoms with E-state index in [1.165, 1.54) is 57.5 Å². The molecule has 3 nitrogen and oxygen atoms in total. The van der Waals surface area contributed by atoms with Gasteiger partial charge in [0.25, 0.3) is 0 Å². The molecule has 4 heteroatoms. The van der Waals surface area contributed by atoms with Crippen LogP contribution in [0.2, 0.25) is 13.3 Å². The van der Waals surface area contributed by atoms with Crippen LogP contribution in [0.15, 0.2) is 48.8 Å². The second-order valence-electron chi connectivity index (χ2n) is 8.42. The van der Waals surface area contributed by atoms with Crippen molar-refractivity contribution in [2.75, 3.05) is 0 Å². The minimum atomic E-state index is -2.56. The summed E-state index contributed by atoms with van der Waals surface area (Å²) in [7, 11) is 0. The van der Waals surface area contributed by atoms with E-state index in [1.54, 1.807) is 15.7 Å². The summed E-state index contributed by atoms with van der Waals surface area (Å²) in [5.41, 5.74) is 3.25. The predicted molar refractivity (Wildman–Crippen MR) is 127 cm³/mol. The summed E-state index contributed by atoms with van der Waals surface area (Å²) in [4.78, 5) is 5.14. The van der Waals surface area contributed by atoms with Gasteiger partial charge < -0.3 is 0 Å². The van der Waals surface area contributed by atoms with Gasteiger partial charge in [0.15, 0.2) is 0 Å². The fourth-order valence-electron chi connectivity index (χ4n) is 4.52. The van der Waals surface area contributed by atoms with Gasteiger partial charge in [0, 0.05) is 0 Å². The van der Waals surface area contributed by atoms with Crippen molar-refractivity contribution in [2.24, 2.45) is 0 Å². The monoisotopic (exact) mass is 500 g/mol. The van der Waals surface area contributed by atoms with E-state index >= 15 is 0 Å². The average Bonchev–Trinajstić information content (AvgIpc) is 3.18. The van der Waals surface area contributed by atoms with Crippen LogP contribution in [0.3, 0.4) is 0 Å². The molecule has 0 aliphatic rings. The average molecular weight is 499 g/mol. The zero-order valence-corrected chi connectivity index (χ0v) is 21.2. The summed E-state index contributed by atoms with van der Waals surface area (Å²) in [6, 6.07) is 12.1. The summed E-state index contributed by atoms with van der Waals surface area (Å²) >= 11 is -2.56. The van der Waals surface area contributed by atoms with Crippen LogP contribution in [0.1, 0.15) is 59.3 Å². The Hall–Kier alpha value is -1.49. The molecule has 29 heavy (non-hydrogen) atoms. The first-order valence-electron chi connectivity index (χ1n) is 11.4. The molecular formula is C25H36N2OSn. The number of phenolic OH excluding ortho intramolecular Hbond substituents is 1.